The highest BCUT2D eigenvalue weighted by Gasteiger charge is 2.47. The van der Waals surface area contributed by atoms with Crippen molar-refractivity contribution in [3.8, 4) is 0 Å². The molecule has 1 rings (SSSR count). The minimum atomic E-state index is -0.260. The summed E-state index contributed by atoms with van der Waals surface area (Å²) >= 11 is 0. The van der Waals surface area contributed by atoms with E-state index in [0.29, 0.717) is 11.8 Å². The average molecular weight is 223 g/mol. The van der Waals surface area contributed by atoms with Crippen LogP contribution in [0, 0.1) is 5.92 Å². The normalized spacial score (nSPS) is 26.6. The van der Waals surface area contributed by atoms with Gasteiger partial charge in [0.1, 0.15) is 0 Å². The monoisotopic (exact) mass is 223 g/mol. The molecule has 1 saturated heterocycles. The van der Waals surface area contributed by atoms with Crippen molar-refractivity contribution in [1.29, 1.82) is 0 Å². The van der Waals surface area contributed by atoms with Gasteiger partial charge in [-0.3, -0.25) is 9.69 Å². The summed E-state index contributed by atoms with van der Waals surface area (Å²) in [4.78, 5) is 14.9. The van der Waals surface area contributed by atoms with Crippen LogP contribution in [-0.4, -0.2) is 28.8 Å². The Morgan fingerprint density at radius 3 is 2.50 bits per heavy atom. The Morgan fingerprint density at radius 1 is 1.44 bits per heavy atom. The van der Waals surface area contributed by atoms with Crippen LogP contribution in [0.4, 0.5) is 0 Å². The number of likely N-dealkylation sites (tertiary alicyclic amines) is 1. The number of carbonyl (C=O) groups is 1. The van der Waals surface area contributed by atoms with Gasteiger partial charge in [-0.25, -0.2) is 0 Å². The minimum absolute atomic E-state index is 0.110. The Bertz CT molecular complexity index is 270. The van der Waals surface area contributed by atoms with E-state index < -0.39 is 0 Å². The van der Waals surface area contributed by atoms with Crippen LogP contribution in [0.2, 0.25) is 0 Å². The maximum Gasteiger partial charge on any atom is 0.155 e. The summed E-state index contributed by atoms with van der Waals surface area (Å²) in [7, 11) is 0. The van der Waals surface area contributed by atoms with Crippen LogP contribution >= 0.6 is 0 Å². The van der Waals surface area contributed by atoms with Crippen molar-refractivity contribution in [3.63, 3.8) is 0 Å². The number of hydrogen-bond acceptors (Lipinski definition) is 2. The van der Waals surface area contributed by atoms with E-state index in [1.54, 1.807) is 0 Å². The molecular weight excluding hydrogens is 198 g/mol. The maximum absolute atomic E-state index is 12.5. The molecule has 0 saturated carbocycles. The van der Waals surface area contributed by atoms with E-state index in [1.807, 2.05) is 19.9 Å². The molecule has 0 spiro atoms. The summed E-state index contributed by atoms with van der Waals surface area (Å²) in [5, 5.41) is 0. The van der Waals surface area contributed by atoms with Crippen LogP contribution in [0.25, 0.3) is 0 Å². The van der Waals surface area contributed by atoms with Crippen molar-refractivity contribution in [3.05, 3.63) is 12.7 Å². The van der Waals surface area contributed by atoms with Gasteiger partial charge < -0.3 is 0 Å². The molecule has 2 heteroatoms. The predicted molar refractivity (Wildman–Crippen MR) is 68.5 cm³/mol. The molecule has 1 aliphatic heterocycles. The van der Waals surface area contributed by atoms with Gasteiger partial charge in [-0.2, -0.15) is 0 Å². The molecule has 2 nitrogen and oxygen atoms in total. The summed E-state index contributed by atoms with van der Waals surface area (Å²) in [5.74, 6) is 0.498. The highest BCUT2D eigenvalue weighted by molar-refractivity contribution is 5.90. The van der Waals surface area contributed by atoms with Crippen molar-refractivity contribution < 1.29 is 4.79 Å². The molecule has 0 N–H and O–H groups in total. The fourth-order valence-corrected chi connectivity index (χ4v) is 3.01. The van der Waals surface area contributed by atoms with Gasteiger partial charge in [0, 0.05) is 12.0 Å². The fourth-order valence-electron chi connectivity index (χ4n) is 3.01. The third-order valence-electron chi connectivity index (χ3n) is 3.63. The molecule has 92 valence electrons. The molecule has 1 atom stereocenters. The third kappa shape index (κ3) is 2.22. The van der Waals surface area contributed by atoms with E-state index in [-0.39, 0.29) is 11.5 Å². The topological polar surface area (TPSA) is 20.3 Å². The molecule has 0 aromatic carbocycles. The number of hydrogen-bond donors (Lipinski definition) is 0. The van der Waals surface area contributed by atoms with Crippen molar-refractivity contribution >= 4 is 5.78 Å². The maximum atomic E-state index is 12.5. The first kappa shape index (κ1) is 13.4. The lowest BCUT2D eigenvalue weighted by Gasteiger charge is -2.40. The molecule has 1 aliphatic rings. The Morgan fingerprint density at radius 2 is 2.06 bits per heavy atom. The van der Waals surface area contributed by atoms with Crippen LogP contribution < -0.4 is 0 Å². The van der Waals surface area contributed by atoms with Gasteiger partial charge in [0.25, 0.3) is 0 Å². The Hall–Kier alpha value is -0.630. The molecule has 16 heavy (non-hydrogen) atoms. The van der Waals surface area contributed by atoms with Crippen LogP contribution in [0.1, 0.15) is 47.0 Å². The molecule has 1 fully saturated rings. The van der Waals surface area contributed by atoms with Crippen LogP contribution in [0.15, 0.2) is 12.7 Å². The van der Waals surface area contributed by atoms with Gasteiger partial charge >= 0.3 is 0 Å². The molecule has 0 aromatic heterocycles. The molecule has 0 unspecified atom stereocenters. The van der Waals surface area contributed by atoms with Gasteiger partial charge in [0.15, 0.2) is 5.78 Å². The highest BCUT2D eigenvalue weighted by Crippen LogP contribution is 2.37. The Labute approximate surface area is 99.7 Å². The summed E-state index contributed by atoms with van der Waals surface area (Å²) < 4.78 is 0. The van der Waals surface area contributed by atoms with Gasteiger partial charge in [-0.05, 0) is 39.7 Å². The lowest BCUT2D eigenvalue weighted by atomic mass is 9.81. The molecule has 0 aromatic rings. The van der Waals surface area contributed by atoms with Crippen molar-refractivity contribution in [2.75, 3.05) is 6.54 Å². The molecule has 1 heterocycles. The van der Waals surface area contributed by atoms with Crippen molar-refractivity contribution in [2.45, 2.75) is 58.5 Å². The van der Waals surface area contributed by atoms with Gasteiger partial charge in [-0.15, -0.1) is 6.58 Å². The summed E-state index contributed by atoms with van der Waals surface area (Å²) in [6.45, 7) is 13.2. The van der Waals surface area contributed by atoms with Gasteiger partial charge in [0.2, 0.25) is 0 Å². The first-order valence-electron chi connectivity index (χ1n) is 6.37. The van der Waals surface area contributed by atoms with Crippen LogP contribution in [0.5, 0.6) is 0 Å². The number of carbonyl (C=O) groups excluding carboxylic acids is 1. The Kier molecular flexibility index (Phi) is 4.31. The van der Waals surface area contributed by atoms with Crippen LogP contribution in [0.3, 0.4) is 0 Å². The van der Waals surface area contributed by atoms with E-state index in [9.17, 15) is 4.79 Å². The number of ketones is 1. The third-order valence-corrected chi connectivity index (χ3v) is 3.63. The summed E-state index contributed by atoms with van der Waals surface area (Å²) in [5.41, 5.74) is -0.260. The SMILES string of the molecule is C=CC[C@@]1(C(=O)C(C)C)CCCN1C(C)C. The van der Waals surface area contributed by atoms with E-state index >= 15 is 0 Å². The molecule has 0 amide bonds. The van der Waals surface area contributed by atoms with E-state index in [0.717, 1.165) is 25.8 Å². The van der Waals surface area contributed by atoms with E-state index in [1.165, 1.54) is 0 Å². The van der Waals surface area contributed by atoms with E-state index in [2.05, 4.69) is 25.3 Å². The second-order valence-corrected chi connectivity index (χ2v) is 5.43. The second kappa shape index (κ2) is 5.13. The molecule has 0 aliphatic carbocycles. The van der Waals surface area contributed by atoms with Crippen LogP contribution in [-0.2, 0) is 4.79 Å². The average Bonchev–Trinajstić information content (AvgIpc) is 2.62. The Balaban J connectivity index is 3.03. The van der Waals surface area contributed by atoms with Gasteiger partial charge in [0.05, 0.1) is 5.54 Å². The first-order chi connectivity index (χ1) is 7.45. The quantitative estimate of drug-likeness (QED) is 0.668. The lowest BCUT2D eigenvalue weighted by Crippen LogP contribution is -2.54. The summed E-state index contributed by atoms with van der Waals surface area (Å²) in [6, 6.07) is 0.435. The van der Waals surface area contributed by atoms with E-state index in [4.69, 9.17) is 0 Å². The highest BCUT2D eigenvalue weighted by atomic mass is 16.1. The first-order valence-corrected chi connectivity index (χ1v) is 6.37. The van der Waals surface area contributed by atoms with Crippen molar-refractivity contribution in [1.82, 2.24) is 4.90 Å². The molecule has 0 bridgehead atoms. The zero-order valence-corrected chi connectivity index (χ0v) is 11.1. The molecule has 0 radical (unpaired) electrons. The number of Topliss-reactive ketones (excluding diaryl/α,β-unsaturated/α-hetero) is 1. The smallest absolute Gasteiger partial charge is 0.155 e. The lowest BCUT2D eigenvalue weighted by molar-refractivity contribution is -0.133. The number of nitrogens with zero attached hydrogens (tertiary/aromatic N) is 1. The zero-order chi connectivity index (χ0) is 12.3. The summed E-state index contributed by atoms with van der Waals surface area (Å²) in [6.07, 6.45) is 4.82. The second-order valence-electron chi connectivity index (χ2n) is 5.43. The van der Waals surface area contributed by atoms with Crippen molar-refractivity contribution in [2.24, 2.45) is 5.92 Å². The zero-order valence-electron chi connectivity index (χ0n) is 11.1. The largest absolute Gasteiger partial charge is 0.297 e. The standard InChI is InChI=1S/C14H25NO/c1-6-8-14(13(16)11(2)3)9-7-10-15(14)12(4)5/h6,11-12H,1,7-10H2,2-5H3/t14-/m0/s1. The number of rotatable bonds is 5. The fraction of sp³-hybridized carbons (Fsp3) is 0.786. The molecular formula is C14H25NO. The van der Waals surface area contributed by atoms with Gasteiger partial charge in [-0.1, -0.05) is 19.9 Å². The predicted octanol–water partition coefficient (Wildman–Crippen LogP) is 3.03. The minimum Gasteiger partial charge on any atom is -0.297 e.